The maximum Gasteiger partial charge on any atom is 0.260 e. The molecule has 5 heteroatoms. The van der Waals surface area contributed by atoms with Gasteiger partial charge in [-0.25, -0.2) is 0 Å². The molecule has 0 bridgehead atoms. The molecule has 1 heterocycles. The van der Waals surface area contributed by atoms with Crippen LogP contribution in [0.5, 0.6) is 5.75 Å². The summed E-state index contributed by atoms with van der Waals surface area (Å²) in [5.74, 6) is 0.991. The number of carbonyl (C=O) groups is 2. The minimum absolute atomic E-state index is 0.0120. The highest BCUT2D eigenvalue weighted by molar-refractivity contribution is 5.97. The van der Waals surface area contributed by atoms with Crippen LogP contribution in [0.4, 0.5) is 0 Å². The summed E-state index contributed by atoms with van der Waals surface area (Å²) >= 11 is 0. The van der Waals surface area contributed by atoms with Gasteiger partial charge in [0, 0.05) is 19.6 Å². The van der Waals surface area contributed by atoms with Gasteiger partial charge in [-0.2, -0.15) is 0 Å². The standard InChI is InChI=1S/C18H26N2O3/c1-4-19-18(22)15-7-5-6-14(3)17(15)23-12-16(21)20-10-8-13(2)9-11-20/h5-7,13H,4,8-12H2,1-3H3,(H,19,22). The van der Waals surface area contributed by atoms with E-state index in [1.807, 2.05) is 30.9 Å². The molecule has 1 aliphatic rings. The molecule has 0 atom stereocenters. The molecule has 1 aliphatic heterocycles. The first kappa shape index (κ1) is 17.3. The van der Waals surface area contributed by atoms with Gasteiger partial charge >= 0.3 is 0 Å². The third-order valence-electron chi connectivity index (χ3n) is 4.27. The quantitative estimate of drug-likeness (QED) is 0.907. The van der Waals surface area contributed by atoms with Crippen molar-refractivity contribution >= 4 is 11.8 Å². The van der Waals surface area contributed by atoms with E-state index in [0.717, 1.165) is 31.5 Å². The molecule has 1 aromatic rings. The molecule has 0 unspecified atom stereocenters. The number of hydrogen-bond donors (Lipinski definition) is 1. The Morgan fingerprint density at radius 1 is 1.30 bits per heavy atom. The predicted molar refractivity (Wildman–Crippen MR) is 89.7 cm³/mol. The fourth-order valence-corrected chi connectivity index (χ4v) is 2.76. The summed E-state index contributed by atoms with van der Waals surface area (Å²) in [6, 6.07) is 5.42. The first-order valence-electron chi connectivity index (χ1n) is 8.31. The van der Waals surface area contributed by atoms with Crippen molar-refractivity contribution < 1.29 is 14.3 Å². The second-order valence-electron chi connectivity index (χ2n) is 6.16. The normalized spacial score (nSPS) is 15.3. The second-order valence-corrected chi connectivity index (χ2v) is 6.16. The van der Waals surface area contributed by atoms with Crippen molar-refractivity contribution in [2.45, 2.75) is 33.6 Å². The van der Waals surface area contributed by atoms with E-state index in [2.05, 4.69) is 12.2 Å². The summed E-state index contributed by atoms with van der Waals surface area (Å²) in [6.07, 6.45) is 2.08. The number of nitrogens with zero attached hydrogens (tertiary/aromatic N) is 1. The molecular formula is C18H26N2O3. The van der Waals surface area contributed by atoms with Crippen LogP contribution in [0.2, 0.25) is 0 Å². The van der Waals surface area contributed by atoms with Gasteiger partial charge in [0.2, 0.25) is 0 Å². The molecule has 0 aromatic heterocycles. The van der Waals surface area contributed by atoms with E-state index in [0.29, 0.717) is 23.8 Å². The van der Waals surface area contributed by atoms with E-state index in [9.17, 15) is 9.59 Å². The summed E-state index contributed by atoms with van der Waals surface area (Å²) in [4.78, 5) is 26.3. The Morgan fingerprint density at radius 3 is 2.65 bits per heavy atom. The number of rotatable bonds is 5. The summed E-state index contributed by atoms with van der Waals surface area (Å²) in [6.45, 7) is 8.08. The largest absolute Gasteiger partial charge is 0.483 e. The monoisotopic (exact) mass is 318 g/mol. The van der Waals surface area contributed by atoms with Gasteiger partial charge in [-0.05, 0) is 44.2 Å². The van der Waals surface area contributed by atoms with E-state index in [1.165, 1.54) is 0 Å². The van der Waals surface area contributed by atoms with Crippen molar-refractivity contribution in [3.63, 3.8) is 0 Å². The molecule has 23 heavy (non-hydrogen) atoms. The van der Waals surface area contributed by atoms with Crippen LogP contribution < -0.4 is 10.1 Å². The van der Waals surface area contributed by atoms with Gasteiger partial charge in [0.25, 0.3) is 11.8 Å². The second kappa shape index (κ2) is 7.99. The Morgan fingerprint density at radius 2 is 2.00 bits per heavy atom. The van der Waals surface area contributed by atoms with Crippen LogP contribution in [0.1, 0.15) is 42.6 Å². The lowest BCUT2D eigenvalue weighted by atomic mass is 9.99. The smallest absolute Gasteiger partial charge is 0.260 e. The van der Waals surface area contributed by atoms with Crippen LogP contribution in [0.15, 0.2) is 18.2 Å². The predicted octanol–water partition coefficient (Wildman–Crippen LogP) is 2.38. The molecule has 0 aliphatic carbocycles. The molecule has 126 valence electrons. The Hall–Kier alpha value is -2.04. The maximum atomic E-state index is 12.3. The minimum Gasteiger partial charge on any atom is -0.483 e. The zero-order valence-electron chi connectivity index (χ0n) is 14.2. The Labute approximate surface area is 138 Å². The lowest BCUT2D eigenvalue weighted by Crippen LogP contribution is -2.40. The van der Waals surface area contributed by atoms with Crippen LogP contribution in [-0.4, -0.2) is 43.0 Å². The number of amides is 2. The highest BCUT2D eigenvalue weighted by Gasteiger charge is 2.21. The highest BCUT2D eigenvalue weighted by atomic mass is 16.5. The SMILES string of the molecule is CCNC(=O)c1cccc(C)c1OCC(=O)N1CCC(C)CC1. The molecular weight excluding hydrogens is 292 g/mol. The fraction of sp³-hybridized carbons (Fsp3) is 0.556. The number of likely N-dealkylation sites (tertiary alicyclic amines) is 1. The van der Waals surface area contributed by atoms with Gasteiger partial charge in [0.15, 0.2) is 6.61 Å². The van der Waals surface area contributed by atoms with Crippen molar-refractivity contribution in [1.29, 1.82) is 0 Å². The van der Waals surface area contributed by atoms with E-state index in [-0.39, 0.29) is 18.4 Å². The number of carbonyl (C=O) groups excluding carboxylic acids is 2. The summed E-state index contributed by atoms with van der Waals surface area (Å²) < 4.78 is 5.73. The highest BCUT2D eigenvalue weighted by Crippen LogP contribution is 2.24. The first-order chi connectivity index (χ1) is 11.0. The lowest BCUT2D eigenvalue weighted by molar-refractivity contribution is -0.134. The molecule has 1 saturated heterocycles. The van der Waals surface area contributed by atoms with Gasteiger partial charge in [-0.15, -0.1) is 0 Å². The topological polar surface area (TPSA) is 58.6 Å². The van der Waals surface area contributed by atoms with Crippen LogP contribution in [0, 0.1) is 12.8 Å². The van der Waals surface area contributed by atoms with Crippen molar-refractivity contribution in [2.75, 3.05) is 26.2 Å². The van der Waals surface area contributed by atoms with E-state index in [1.54, 1.807) is 6.07 Å². The minimum atomic E-state index is -0.176. The van der Waals surface area contributed by atoms with Gasteiger partial charge in [0.05, 0.1) is 5.56 Å². The summed E-state index contributed by atoms with van der Waals surface area (Å²) in [7, 11) is 0. The number of aryl methyl sites for hydroxylation is 1. The van der Waals surface area contributed by atoms with Crippen LogP contribution in [0.25, 0.3) is 0 Å². The van der Waals surface area contributed by atoms with Gasteiger partial charge in [0.1, 0.15) is 5.75 Å². The van der Waals surface area contributed by atoms with Crippen molar-refractivity contribution in [1.82, 2.24) is 10.2 Å². The number of piperidine rings is 1. The number of hydrogen-bond acceptors (Lipinski definition) is 3. The van der Waals surface area contributed by atoms with Gasteiger partial charge < -0.3 is 15.0 Å². The summed E-state index contributed by atoms with van der Waals surface area (Å²) in [5, 5.41) is 2.77. The van der Waals surface area contributed by atoms with E-state index in [4.69, 9.17) is 4.74 Å². The number of benzene rings is 1. The molecule has 5 nitrogen and oxygen atoms in total. The van der Waals surface area contributed by atoms with E-state index >= 15 is 0 Å². The van der Waals surface area contributed by atoms with Crippen LogP contribution in [-0.2, 0) is 4.79 Å². The molecule has 1 aromatic carbocycles. The fourth-order valence-electron chi connectivity index (χ4n) is 2.76. The zero-order valence-corrected chi connectivity index (χ0v) is 14.2. The van der Waals surface area contributed by atoms with Crippen LogP contribution in [0.3, 0.4) is 0 Å². The van der Waals surface area contributed by atoms with Crippen molar-refractivity contribution in [3.8, 4) is 5.75 Å². The zero-order chi connectivity index (χ0) is 16.8. The number of nitrogens with one attached hydrogen (secondary N) is 1. The van der Waals surface area contributed by atoms with Crippen molar-refractivity contribution in [3.05, 3.63) is 29.3 Å². The Kier molecular flexibility index (Phi) is 6.02. The third-order valence-corrected chi connectivity index (χ3v) is 4.27. The summed E-state index contributed by atoms with van der Waals surface area (Å²) in [5.41, 5.74) is 1.33. The molecule has 2 rings (SSSR count). The molecule has 0 radical (unpaired) electrons. The molecule has 1 N–H and O–H groups in total. The number of para-hydroxylation sites is 1. The first-order valence-corrected chi connectivity index (χ1v) is 8.31. The van der Waals surface area contributed by atoms with Gasteiger partial charge in [-0.3, -0.25) is 9.59 Å². The third kappa shape index (κ3) is 4.47. The number of ether oxygens (including phenoxy) is 1. The van der Waals surface area contributed by atoms with E-state index < -0.39 is 0 Å². The van der Waals surface area contributed by atoms with Gasteiger partial charge in [-0.1, -0.05) is 19.1 Å². The average Bonchev–Trinajstić information content (AvgIpc) is 2.54. The molecule has 0 spiro atoms. The average molecular weight is 318 g/mol. The Bertz CT molecular complexity index is 563. The lowest BCUT2D eigenvalue weighted by Gasteiger charge is -2.30. The molecule has 0 saturated carbocycles. The van der Waals surface area contributed by atoms with Crippen molar-refractivity contribution in [2.24, 2.45) is 5.92 Å². The molecule has 1 fully saturated rings. The molecule has 2 amide bonds. The maximum absolute atomic E-state index is 12.3. The van der Waals surface area contributed by atoms with Crippen LogP contribution >= 0.6 is 0 Å². The Balaban J connectivity index is 2.02.